The maximum atomic E-state index is 14.9. The second-order valence-corrected chi connectivity index (χ2v) is 9.39. The quantitative estimate of drug-likeness (QED) is 0.268. The first-order chi connectivity index (χ1) is 19.3. The number of pyridine rings is 3. The molecule has 0 aliphatic heterocycles. The number of anilines is 2. The van der Waals surface area contributed by atoms with E-state index in [4.69, 9.17) is 5.26 Å². The van der Waals surface area contributed by atoms with Gasteiger partial charge in [-0.1, -0.05) is 6.07 Å². The second-order valence-electron chi connectivity index (χ2n) is 8.59. The van der Waals surface area contributed by atoms with E-state index in [2.05, 4.69) is 39.9 Å². The molecule has 40 heavy (non-hydrogen) atoms. The standard InChI is InChI=1S/C27H19F2N9OS/c1-14-7-23(36-24-9-18(10-30)40-38-24)37-26(34-14)17-8-20(28)25(32-13-17)27(39)33-12-16-3-5-21(31-11-16)19-4-6-22(29)35-15(19)2/h3-9,11,13H,12H2,1-2H3,(H,33,39)(H,34,36,37,38). The third-order valence-corrected chi connectivity index (χ3v) is 6.34. The predicted octanol–water partition coefficient (Wildman–Crippen LogP) is 4.89. The lowest BCUT2D eigenvalue weighted by Gasteiger charge is -2.09. The topological polar surface area (TPSA) is 142 Å². The van der Waals surface area contributed by atoms with Crippen LogP contribution in [-0.2, 0) is 6.54 Å². The summed E-state index contributed by atoms with van der Waals surface area (Å²) in [5.74, 6) is -1.03. The Morgan fingerprint density at radius 3 is 2.55 bits per heavy atom. The summed E-state index contributed by atoms with van der Waals surface area (Å²) >= 11 is 1.05. The van der Waals surface area contributed by atoms with E-state index in [1.807, 2.05) is 6.07 Å². The Labute approximate surface area is 231 Å². The minimum atomic E-state index is -0.833. The van der Waals surface area contributed by atoms with E-state index >= 15 is 0 Å². The van der Waals surface area contributed by atoms with Gasteiger partial charge in [0.25, 0.3) is 5.91 Å². The lowest BCUT2D eigenvalue weighted by molar-refractivity contribution is 0.0941. The molecule has 0 aromatic carbocycles. The molecule has 0 bridgehead atoms. The Balaban J connectivity index is 1.26. The SMILES string of the molecule is Cc1cc(Nc2cc(C#N)sn2)nc(-c2cnc(C(=O)NCc3ccc(-c4ccc(F)nc4C)nc3)c(F)c2)n1. The number of halogens is 2. The van der Waals surface area contributed by atoms with Gasteiger partial charge in [0.1, 0.15) is 22.6 Å². The normalized spacial score (nSPS) is 10.7. The molecule has 5 aromatic rings. The lowest BCUT2D eigenvalue weighted by atomic mass is 10.1. The first-order valence-electron chi connectivity index (χ1n) is 11.8. The van der Waals surface area contributed by atoms with Gasteiger partial charge in [0.2, 0.25) is 5.95 Å². The molecule has 10 nitrogen and oxygen atoms in total. The number of aromatic nitrogens is 6. The zero-order valence-corrected chi connectivity index (χ0v) is 21.9. The fourth-order valence-electron chi connectivity index (χ4n) is 3.76. The molecule has 5 aromatic heterocycles. The van der Waals surface area contributed by atoms with Crippen LogP contribution in [0.3, 0.4) is 0 Å². The highest BCUT2D eigenvalue weighted by atomic mass is 32.1. The predicted molar refractivity (Wildman–Crippen MR) is 143 cm³/mol. The summed E-state index contributed by atoms with van der Waals surface area (Å²) in [4.78, 5) is 34.0. The molecule has 198 valence electrons. The van der Waals surface area contributed by atoms with E-state index in [9.17, 15) is 13.6 Å². The van der Waals surface area contributed by atoms with Gasteiger partial charge in [-0.2, -0.15) is 14.0 Å². The van der Waals surface area contributed by atoms with Gasteiger partial charge >= 0.3 is 0 Å². The Morgan fingerprint density at radius 2 is 1.85 bits per heavy atom. The summed E-state index contributed by atoms with van der Waals surface area (Å²) < 4.78 is 32.3. The largest absolute Gasteiger partial charge is 0.346 e. The molecule has 0 fully saturated rings. The van der Waals surface area contributed by atoms with Gasteiger partial charge in [-0.25, -0.2) is 24.3 Å². The maximum absolute atomic E-state index is 14.9. The zero-order valence-electron chi connectivity index (χ0n) is 21.1. The van der Waals surface area contributed by atoms with Crippen LogP contribution in [0, 0.1) is 36.9 Å². The van der Waals surface area contributed by atoms with E-state index in [0.717, 1.165) is 17.6 Å². The number of aryl methyl sites for hydroxylation is 2. The highest BCUT2D eigenvalue weighted by molar-refractivity contribution is 7.06. The molecule has 1 amide bonds. The van der Waals surface area contributed by atoms with Crippen molar-refractivity contribution in [1.82, 2.24) is 34.6 Å². The summed E-state index contributed by atoms with van der Waals surface area (Å²) in [6, 6.07) is 12.8. The van der Waals surface area contributed by atoms with Crippen LogP contribution in [0.2, 0.25) is 0 Å². The van der Waals surface area contributed by atoms with Gasteiger partial charge in [0.15, 0.2) is 17.3 Å². The number of nitrogens with zero attached hydrogens (tertiary/aromatic N) is 7. The van der Waals surface area contributed by atoms with Gasteiger partial charge in [-0.3, -0.25) is 9.78 Å². The number of nitrogens with one attached hydrogen (secondary N) is 2. The minimum absolute atomic E-state index is 0.0930. The molecular weight excluding hydrogens is 536 g/mol. The van der Waals surface area contributed by atoms with Crippen LogP contribution in [0.4, 0.5) is 20.4 Å². The fourth-order valence-corrected chi connectivity index (χ4v) is 4.26. The van der Waals surface area contributed by atoms with Crippen LogP contribution in [0.25, 0.3) is 22.6 Å². The monoisotopic (exact) mass is 555 g/mol. The Bertz CT molecular complexity index is 1770. The van der Waals surface area contributed by atoms with Gasteiger partial charge < -0.3 is 10.6 Å². The first-order valence-corrected chi connectivity index (χ1v) is 12.6. The van der Waals surface area contributed by atoms with Crippen molar-refractivity contribution < 1.29 is 13.6 Å². The molecule has 0 saturated carbocycles. The Morgan fingerprint density at radius 1 is 1.00 bits per heavy atom. The van der Waals surface area contributed by atoms with Gasteiger partial charge in [0, 0.05) is 53.6 Å². The Hall–Kier alpha value is -5.22. The van der Waals surface area contributed by atoms with Gasteiger partial charge in [0.05, 0.1) is 5.69 Å². The molecule has 5 heterocycles. The third kappa shape index (κ3) is 5.92. The number of carbonyl (C=O) groups is 1. The van der Waals surface area contributed by atoms with Crippen LogP contribution in [0.5, 0.6) is 0 Å². The van der Waals surface area contributed by atoms with Crippen LogP contribution in [0.1, 0.15) is 32.3 Å². The molecule has 0 aliphatic rings. The number of amides is 1. The summed E-state index contributed by atoms with van der Waals surface area (Å²) in [7, 11) is 0. The average molecular weight is 556 g/mol. The summed E-state index contributed by atoms with van der Waals surface area (Å²) in [5, 5.41) is 14.6. The van der Waals surface area contributed by atoms with Crippen molar-refractivity contribution in [2.75, 3.05) is 5.32 Å². The molecule has 0 spiro atoms. The molecule has 0 saturated heterocycles. The molecule has 0 aliphatic carbocycles. The molecular formula is C27H19F2N9OS. The summed E-state index contributed by atoms with van der Waals surface area (Å²) in [6.45, 7) is 3.54. The van der Waals surface area contributed by atoms with Crippen LogP contribution >= 0.6 is 11.5 Å². The second kappa shape index (κ2) is 11.3. The summed E-state index contributed by atoms with van der Waals surface area (Å²) in [6.07, 6.45) is 2.89. The highest BCUT2D eigenvalue weighted by Crippen LogP contribution is 2.23. The van der Waals surface area contributed by atoms with Crippen molar-refractivity contribution in [3.8, 4) is 28.7 Å². The maximum Gasteiger partial charge on any atom is 0.273 e. The molecule has 2 N–H and O–H groups in total. The van der Waals surface area contributed by atoms with E-state index in [-0.39, 0.29) is 23.6 Å². The number of carbonyl (C=O) groups excluding carboxylic acids is 1. The number of rotatable bonds is 7. The van der Waals surface area contributed by atoms with Gasteiger partial charge in [-0.05, 0) is 55.2 Å². The Kier molecular flexibility index (Phi) is 7.43. The van der Waals surface area contributed by atoms with Crippen LogP contribution in [0.15, 0.2) is 54.9 Å². The number of hydrogen-bond donors (Lipinski definition) is 2. The van der Waals surface area contributed by atoms with E-state index < -0.39 is 17.7 Å². The van der Waals surface area contributed by atoms with E-state index in [0.29, 0.717) is 44.7 Å². The molecule has 5 rings (SSSR count). The van der Waals surface area contributed by atoms with E-state index in [1.54, 1.807) is 50.4 Å². The van der Waals surface area contributed by atoms with Crippen LogP contribution in [-0.4, -0.2) is 35.2 Å². The molecule has 0 atom stereocenters. The highest BCUT2D eigenvalue weighted by Gasteiger charge is 2.17. The molecule has 0 unspecified atom stereocenters. The smallest absolute Gasteiger partial charge is 0.273 e. The average Bonchev–Trinajstić information content (AvgIpc) is 3.39. The third-order valence-electron chi connectivity index (χ3n) is 5.65. The van der Waals surface area contributed by atoms with Crippen molar-refractivity contribution in [1.29, 1.82) is 5.26 Å². The minimum Gasteiger partial charge on any atom is -0.346 e. The molecule has 13 heteroatoms. The number of nitriles is 1. The summed E-state index contributed by atoms with van der Waals surface area (Å²) in [5.41, 5.74) is 3.00. The first kappa shape index (κ1) is 26.4. The van der Waals surface area contributed by atoms with Crippen LogP contribution < -0.4 is 10.6 Å². The van der Waals surface area contributed by atoms with Crippen molar-refractivity contribution in [3.05, 3.63) is 94.1 Å². The van der Waals surface area contributed by atoms with E-state index in [1.165, 1.54) is 12.3 Å². The van der Waals surface area contributed by atoms with Crippen molar-refractivity contribution in [3.63, 3.8) is 0 Å². The van der Waals surface area contributed by atoms with Crippen molar-refractivity contribution in [2.45, 2.75) is 20.4 Å². The lowest BCUT2D eigenvalue weighted by Crippen LogP contribution is -2.25. The van der Waals surface area contributed by atoms with Gasteiger partial charge in [-0.15, -0.1) is 0 Å². The van der Waals surface area contributed by atoms with Crippen molar-refractivity contribution >= 4 is 29.1 Å². The molecule has 0 radical (unpaired) electrons. The van der Waals surface area contributed by atoms with Crippen molar-refractivity contribution in [2.24, 2.45) is 0 Å². The number of hydrogen-bond acceptors (Lipinski definition) is 10. The zero-order chi connectivity index (χ0) is 28.2. The fraction of sp³-hybridized carbons (Fsp3) is 0.111.